The zero-order valence-electron chi connectivity index (χ0n) is 10.5. The molecule has 3 unspecified atom stereocenters. The van der Waals surface area contributed by atoms with Crippen LogP contribution in [0.1, 0.15) is 37.9 Å². The first-order valence-electron chi connectivity index (χ1n) is 6.48. The summed E-state index contributed by atoms with van der Waals surface area (Å²) >= 11 is 5.99. The summed E-state index contributed by atoms with van der Waals surface area (Å²) in [7, 11) is 0. The Balaban J connectivity index is 2.12. The number of rotatable bonds is 3. The summed E-state index contributed by atoms with van der Waals surface area (Å²) in [5.74, 6) is 0.268. The highest BCUT2D eigenvalue weighted by Crippen LogP contribution is 2.31. The fourth-order valence-electron chi connectivity index (χ4n) is 2.60. The van der Waals surface area contributed by atoms with Crippen LogP contribution in [0.25, 0.3) is 0 Å². The third kappa shape index (κ3) is 3.02. The Hall–Kier alpha value is -0.640. The van der Waals surface area contributed by atoms with E-state index in [2.05, 4.69) is 12.2 Å². The normalized spacial score (nSPS) is 26.0. The molecule has 1 saturated heterocycles. The van der Waals surface area contributed by atoms with E-state index in [9.17, 15) is 9.50 Å². The Bertz CT molecular complexity index is 413. The number of aliphatic hydroxyl groups is 1. The van der Waals surface area contributed by atoms with Crippen LogP contribution in [0.5, 0.6) is 0 Å². The van der Waals surface area contributed by atoms with Crippen LogP contribution in [-0.4, -0.2) is 17.7 Å². The first-order valence-corrected chi connectivity index (χ1v) is 6.86. The molecule has 1 aromatic carbocycles. The molecule has 0 bridgehead atoms. The second-order valence-electron chi connectivity index (χ2n) is 4.97. The van der Waals surface area contributed by atoms with Crippen molar-refractivity contribution in [2.45, 2.75) is 38.3 Å². The molecule has 3 atom stereocenters. The standard InChI is InChI=1S/C14H19ClFNO/c1-2-9-5-6-17-13(7-9)14(18)11-4-3-10(16)8-12(11)15/h3-4,8-9,13-14,17-18H,2,5-7H2,1H3. The predicted octanol–water partition coefficient (Wildman–Crippen LogP) is 3.29. The summed E-state index contributed by atoms with van der Waals surface area (Å²) in [6, 6.07) is 4.16. The fourth-order valence-corrected chi connectivity index (χ4v) is 2.88. The van der Waals surface area contributed by atoms with Gasteiger partial charge in [-0.1, -0.05) is 31.0 Å². The highest BCUT2D eigenvalue weighted by Gasteiger charge is 2.28. The van der Waals surface area contributed by atoms with Crippen LogP contribution in [0.3, 0.4) is 0 Å². The number of benzene rings is 1. The van der Waals surface area contributed by atoms with Crippen LogP contribution in [0.2, 0.25) is 5.02 Å². The lowest BCUT2D eigenvalue weighted by atomic mass is 9.86. The van der Waals surface area contributed by atoms with Gasteiger partial charge >= 0.3 is 0 Å². The molecule has 1 aliphatic rings. The minimum atomic E-state index is -0.674. The quantitative estimate of drug-likeness (QED) is 0.884. The average Bonchev–Trinajstić information content (AvgIpc) is 2.38. The van der Waals surface area contributed by atoms with E-state index >= 15 is 0 Å². The number of piperidine rings is 1. The molecule has 1 heterocycles. The molecule has 0 radical (unpaired) electrons. The molecular formula is C14H19ClFNO. The third-order valence-electron chi connectivity index (χ3n) is 3.79. The lowest BCUT2D eigenvalue weighted by molar-refractivity contribution is 0.0979. The van der Waals surface area contributed by atoms with Crippen molar-refractivity contribution in [3.63, 3.8) is 0 Å². The van der Waals surface area contributed by atoms with Gasteiger partial charge in [0.15, 0.2) is 0 Å². The average molecular weight is 272 g/mol. The number of hydrogen-bond donors (Lipinski definition) is 2. The van der Waals surface area contributed by atoms with Crippen molar-refractivity contribution in [2.24, 2.45) is 5.92 Å². The van der Waals surface area contributed by atoms with Gasteiger partial charge in [0.1, 0.15) is 5.82 Å². The van der Waals surface area contributed by atoms with E-state index in [0.29, 0.717) is 16.5 Å². The Kier molecular flexibility index (Phi) is 4.60. The Morgan fingerprint density at radius 3 is 3.00 bits per heavy atom. The molecule has 0 amide bonds. The maximum absolute atomic E-state index is 13.0. The second-order valence-corrected chi connectivity index (χ2v) is 5.38. The number of nitrogens with one attached hydrogen (secondary N) is 1. The van der Waals surface area contributed by atoms with Crippen molar-refractivity contribution in [1.82, 2.24) is 5.32 Å². The highest BCUT2D eigenvalue weighted by molar-refractivity contribution is 6.31. The van der Waals surface area contributed by atoms with E-state index < -0.39 is 6.10 Å². The summed E-state index contributed by atoms with van der Waals surface area (Å²) in [5, 5.41) is 14.0. The molecule has 0 saturated carbocycles. The van der Waals surface area contributed by atoms with Gasteiger partial charge in [-0.2, -0.15) is 0 Å². The van der Waals surface area contributed by atoms with Crippen LogP contribution in [-0.2, 0) is 0 Å². The van der Waals surface area contributed by atoms with Crippen molar-refractivity contribution >= 4 is 11.6 Å². The zero-order chi connectivity index (χ0) is 13.1. The van der Waals surface area contributed by atoms with Gasteiger partial charge < -0.3 is 10.4 Å². The van der Waals surface area contributed by atoms with E-state index in [-0.39, 0.29) is 11.9 Å². The largest absolute Gasteiger partial charge is 0.387 e. The van der Waals surface area contributed by atoms with Crippen molar-refractivity contribution in [3.8, 4) is 0 Å². The summed E-state index contributed by atoms with van der Waals surface area (Å²) in [5.41, 5.74) is 0.604. The van der Waals surface area contributed by atoms with Gasteiger partial charge in [0.05, 0.1) is 6.10 Å². The first-order chi connectivity index (χ1) is 8.61. The molecule has 2 N–H and O–H groups in total. The SMILES string of the molecule is CCC1CCNC(C(O)c2ccc(F)cc2Cl)C1. The van der Waals surface area contributed by atoms with E-state index in [0.717, 1.165) is 25.8 Å². The molecule has 1 aliphatic heterocycles. The van der Waals surface area contributed by atoms with Gasteiger partial charge in [0.25, 0.3) is 0 Å². The number of hydrogen-bond acceptors (Lipinski definition) is 2. The topological polar surface area (TPSA) is 32.3 Å². The van der Waals surface area contributed by atoms with Gasteiger partial charge in [-0.15, -0.1) is 0 Å². The minimum Gasteiger partial charge on any atom is -0.387 e. The molecule has 4 heteroatoms. The van der Waals surface area contributed by atoms with Crippen LogP contribution >= 0.6 is 11.6 Å². The molecule has 1 fully saturated rings. The minimum absolute atomic E-state index is 0.00617. The lowest BCUT2D eigenvalue weighted by Crippen LogP contribution is -2.42. The zero-order valence-corrected chi connectivity index (χ0v) is 11.3. The molecule has 1 aromatic rings. The lowest BCUT2D eigenvalue weighted by Gasteiger charge is -2.33. The van der Waals surface area contributed by atoms with Gasteiger partial charge in [-0.3, -0.25) is 0 Å². The maximum atomic E-state index is 13.0. The van der Waals surface area contributed by atoms with E-state index in [1.54, 1.807) is 6.07 Å². The molecule has 0 spiro atoms. The van der Waals surface area contributed by atoms with Crippen LogP contribution in [0.4, 0.5) is 4.39 Å². The summed E-state index contributed by atoms with van der Waals surface area (Å²) < 4.78 is 13.0. The van der Waals surface area contributed by atoms with Crippen LogP contribution in [0, 0.1) is 11.7 Å². The second kappa shape index (κ2) is 6.00. The fraction of sp³-hybridized carbons (Fsp3) is 0.571. The molecule has 0 aromatic heterocycles. The Labute approximate surface area is 112 Å². The molecule has 0 aliphatic carbocycles. The molecule has 2 rings (SSSR count). The summed E-state index contributed by atoms with van der Waals surface area (Å²) in [6.07, 6.45) is 2.54. The highest BCUT2D eigenvalue weighted by atomic mass is 35.5. The van der Waals surface area contributed by atoms with Crippen molar-refractivity contribution in [1.29, 1.82) is 0 Å². The first kappa shape index (κ1) is 13.8. The summed E-state index contributed by atoms with van der Waals surface area (Å²) in [4.78, 5) is 0. The molecule has 100 valence electrons. The van der Waals surface area contributed by atoms with Gasteiger partial charge in [0.2, 0.25) is 0 Å². The Morgan fingerprint density at radius 2 is 2.33 bits per heavy atom. The van der Waals surface area contributed by atoms with E-state index in [1.807, 2.05) is 0 Å². The smallest absolute Gasteiger partial charge is 0.124 e. The monoisotopic (exact) mass is 271 g/mol. The molecule has 2 nitrogen and oxygen atoms in total. The van der Waals surface area contributed by atoms with Crippen LogP contribution in [0.15, 0.2) is 18.2 Å². The summed E-state index contributed by atoms with van der Waals surface area (Å²) in [6.45, 7) is 3.09. The maximum Gasteiger partial charge on any atom is 0.124 e. The van der Waals surface area contributed by atoms with Gasteiger partial charge in [-0.25, -0.2) is 4.39 Å². The van der Waals surface area contributed by atoms with Crippen molar-refractivity contribution < 1.29 is 9.50 Å². The molecular weight excluding hydrogens is 253 g/mol. The van der Waals surface area contributed by atoms with E-state index in [1.165, 1.54) is 12.1 Å². The third-order valence-corrected chi connectivity index (χ3v) is 4.11. The molecule has 18 heavy (non-hydrogen) atoms. The van der Waals surface area contributed by atoms with Crippen LogP contribution < -0.4 is 5.32 Å². The van der Waals surface area contributed by atoms with Crippen molar-refractivity contribution in [3.05, 3.63) is 34.6 Å². The predicted molar refractivity (Wildman–Crippen MR) is 71.2 cm³/mol. The van der Waals surface area contributed by atoms with Crippen molar-refractivity contribution in [2.75, 3.05) is 6.54 Å². The number of aliphatic hydroxyl groups excluding tert-OH is 1. The number of halogens is 2. The van der Waals surface area contributed by atoms with Gasteiger partial charge in [-0.05, 0) is 37.4 Å². The van der Waals surface area contributed by atoms with Gasteiger partial charge in [0, 0.05) is 16.6 Å². The van der Waals surface area contributed by atoms with E-state index in [4.69, 9.17) is 11.6 Å². The Morgan fingerprint density at radius 1 is 1.56 bits per heavy atom.